The third-order valence-corrected chi connectivity index (χ3v) is 10.9. The topological polar surface area (TPSA) is 262 Å². The Morgan fingerprint density at radius 2 is 1.70 bits per heavy atom. The average Bonchev–Trinajstić information content (AvgIpc) is 3.73. The number of aryl methyl sites for hydroxylation is 1. The van der Waals surface area contributed by atoms with Gasteiger partial charge in [0, 0.05) is 63.5 Å². The zero-order valence-corrected chi connectivity index (χ0v) is 32.5. The van der Waals surface area contributed by atoms with Crippen molar-refractivity contribution in [2.24, 2.45) is 5.16 Å². The number of fused-ring (bicyclic) bond motifs is 8. The average molecular weight is 820 g/mol. The zero-order chi connectivity index (χ0) is 43.1. The number of phenols is 1. The smallest absolute Gasteiger partial charge is 0.355 e. The standard InChI is InChI=1S/C40H33N7O13/c1-6-40(28-14-31-35-20(15-44(31)37(49)27(28)17-58-39(40)51)10-23-26(16-43(4)5)32(48)8-7-29(23)41-35)59-38(50)19(3)60-42-36-24-11-21(45(52)53)9-18(2)33(24)34-25(36)12-22(46(54)55)13-30(34)47(56)57/h7-14,19,48H,6,15-17H2,1-5H3/b42-36+/t19-,40+/m1/s1. The van der Waals surface area contributed by atoms with Crippen LogP contribution in [0.5, 0.6) is 5.75 Å². The maximum absolute atomic E-state index is 14.1. The predicted octanol–water partition coefficient (Wildman–Crippen LogP) is 5.27. The van der Waals surface area contributed by atoms with Gasteiger partial charge < -0.3 is 28.9 Å². The number of hydrogen-bond donors (Lipinski definition) is 1. The number of oxime groups is 1. The molecule has 3 aromatic carbocycles. The summed E-state index contributed by atoms with van der Waals surface area (Å²) in [6, 6.07) is 10.7. The van der Waals surface area contributed by atoms with Gasteiger partial charge in [-0.25, -0.2) is 14.6 Å². The van der Waals surface area contributed by atoms with Gasteiger partial charge in [-0.15, -0.1) is 0 Å². The van der Waals surface area contributed by atoms with Crippen LogP contribution in [0.15, 0.2) is 58.5 Å². The van der Waals surface area contributed by atoms with Gasteiger partial charge in [0.2, 0.25) is 11.7 Å². The summed E-state index contributed by atoms with van der Waals surface area (Å²) in [5, 5.41) is 51.3. The monoisotopic (exact) mass is 819 g/mol. The lowest BCUT2D eigenvalue weighted by Crippen LogP contribution is -2.48. The number of aromatic hydroxyl groups is 1. The summed E-state index contributed by atoms with van der Waals surface area (Å²) in [4.78, 5) is 87.5. The highest BCUT2D eigenvalue weighted by molar-refractivity contribution is 6.26. The molecule has 0 radical (unpaired) electrons. The van der Waals surface area contributed by atoms with Crippen LogP contribution in [0.2, 0.25) is 0 Å². The molecule has 8 rings (SSSR count). The molecule has 2 aliphatic heterocycles. The molecule has 0 spiro atoms. The summed E-state index contributed by atoms with van der Waals surface area (Å²) in [5.74, 6) is -2.01. The molecule has 0 saturated heterocycles. The fraction of sp³-hybridized carbons (Fsp3) is 0.275. The van der Waals surface area contributed by atoms with E-state index in [-0.39, 0.29) is 63.4 Å². The van der Waals surface area contributed by atoms with Gasteiger partial charge >= 0.3 is 11.9 Å². The maximum atomic E-state index is 14.1. The quantitative estimate of drug-likeness (QED) is 0.105. The number of cyclic esters (lactones) is 1. The minimum Gasteiger partial charge on any atom is -0.508 e. The van der Waals surface area contributed by atoms with Crippen LogP contribution in [-0.4, -0.2) is 72.2 Å². The molecule has 0 bridgehead atoms. The number of phenolic OH excluding ortho intramolecular Hbond substituents is 1. The highest BCUT2D eigenvalue weighted by Gasteiger charge is 2.51. The fourth-order valence-electron chi connectivity index (χ4n) is 8.12. The number of pyridine rings is 2. The van der Waals surface area contributed by atoms with Crippen LogP contribution in [-0.2, 0) is 49.2 Å². The van der Waals surface area contributed by atoms with Gasteiger partial charge in [0.05, 0.1) is 55.4 Å². The molecule has 0 fully saturated rings. The summed E-state index contributed by atoms with van der Waals surface area (Å²) in [5.41, 5.74) is -1.62. The second kappa shape index (κ2) is 14.0. The van der Waals surface area contributed by atoms with Crippen molar-refractivity contribution in [2.75, 3.05) is 14.1 Å². The van der Waals surface area contributed by atoms with Gasteiger partial charge in [-0.2, -0.15) is 0 Å². The molecular weight excluding hydrogens is 786 g/mol. The van der Waals surface area contributed by atoms with E-state index in [9.17, 15) is 49.8 Å². The first-order valence-electron chi connectivity index (χ1n) is 18.4. The molecule has 0 unspecified atom stereocenters. The highest BCUT2D eigenvalue weighted by atomic mass is 16.7. The maximum Gasteiger partial charge on any atom is 0.355 e. The second-order valence-corrected chi connectivity index (χ2v) is 14.9. The molecule has 60 heavy (non-hydrogen) atoms. The highest BCUT2D eigenvalue weighted by Crippen LogP contribution is 2.48. The number of carbonyl (C=O) groups is 2. The first-order chi connectivity index (χ1) is 28.4. The largest absolute Gasteiger partial charge is 0.508 e. The molecule has 306 valence electrons. The molecule has 1 aliphatic carbocycles. The zero-order valence-electron chi connectivity index (χ0n) is 32.5. The molecule has 20 heteroatoms. The van der Waals surface area contributed by atoms with Crippen LogP contribution in [0.3, 0.4) is 0 Å². The minimum absolute atomic E-state index is 0.0163. The van der Waals surface area contributed by atoms with Crippen molar-refractivity contribution in [3.63, 3.8) is 0 Å². The van der Waals surface area contributed by atoms with Gasteiger partial charge in [0.1, 0.15) is 18.1 Å². The predicted molar refractivity (Wildman–Crippen MR) is 210 cm³/mol. The number of non-ortho nitro benzene ring substituents is 2. The molecule has 0 amide bonds. The van der Waals surface area contributed by atoms with E-state index in [4.69, 9.17) is 19.3 Å². The van der Waals surface area contributed by atoms with Crippen LogP contribution in [0, 0.1) is 37.3 Å². The summed E-state index contributed by atoms with van der Waals surface area (Å²) in [6.45, 7) is 4.41. The SMILES string of the molecule is CC[C@@]1(OC(=O)[C@@H](C)O/N=C2\c3cc([N+](=O)[O-])cc(C)c3-c3c2cc([N+](=O)[O-])cc3[N+](=O)[O-])C(=O)OCc2c1cc1n(c2=O)Cc2cc3c(CN(C)C)c(O)ccc3nc2-1. The van der Waals surface area contributed by atoms with Crippen LogP contribution in [0.4, 0.5) is 17.1 Å². The van der Waals surface area contributed by atoms with Gasteiger partial charge in [0.15, 0.2) is 0 Å². The number of esters is 2. The molecule has 2 atom stereocenters. The summed E-state index contributed by atoms with van der Waals surface area (Å²) in [7, 11) is 3.73. The number of nitro groups is 3. The Kier molecular flexibility index (Phi) is 9.18. The number of hydrogen-bond acceptors (Lipinski definition) is 16. The van der Waals surface area contributed by atoms with Crippen molar-refractivity contribution >= 4 is 45.6 Å². The number of nitrogens with zero attached hydrogens (tertiary/aromatic N) is 7. The number of carbonyl (C=O) groups excluding carboxylic acids is 2. The molecule has 5 aromatic rings. The molecule has 2 aromatic heterocycles. The van der Waals surface area contributed by atoms with Gasteiger partial charge in [-0.3, -0.25) is 35.1 Å². The Balaban J connectivity index is 1.17. The van der Waals surface area contributed by atoms with Crippen molar-refractivity contribution in [3.8, 4) is 28.3 Å². The van der Waals surface area contributed by atoms with E-state index in [2.05, 4.69) is 5.16 Å². The first-order valence-corrected chi connectivity index (χ1v) is 18.4. The Labute approximate surface area is 337 Å². The van der Waals surface area contributed by atoms with Crippen molar-refractivity contribution in [3.05, 3.63) is 128 Å². The minimum atomic E-state index is -2.14. The number of benzene rings is 3. The fourth-order valence-corrected chi connectivity index (χ4v) is 8.12. The van der Waals surface area contributed by atoms with Gasteiger partial charge in [-0.1, -0.05) is 12.1 Å². The lowest BCUT2D eigenvalue weighted by atomic mass is 9.85. The number of ether oxygens (including phenoxy) is 2. The Bertz CT molecular complexity index is 2900. The molecule has 1 N–H and O–H groups in total. The van der Waals surface area contributed by atoms with Crippen LogP contribution < -0.4 is 5.56 Å². The Morgan fingerprint density at radius 1 is 1.02 bits per heavy atom. The van der Waals surface area contributed by atoms with E-state index >= 15 is 0 Å². The Hall–Kier alpha value is -7.61. The van der Waals surface area contributed by atoms with E-state index in [0.717, 1.165) is 18.2 Å². The number of rotatable bonds is 10. The van der Waals surface area contributed by atoms with E-state index < -0.39 is 67.6 Å². The van der Waals surface area contributed by atoms with Crippen LogP contribution >= 0.6 is 0 Å². The lowest BCUT2D eigenvalue weighted by Gasteiger charge is -2.36. The van der Waals surface area contributed by atoms with E-state index in [1.807, 2.05) is 25.1 Å². The molecule has 3 aliphatic rings. The molecular formula is C40H33N7O13. The normalized spacial score (nSPS) is 17.0. The van der Waals surface area contributed by atoms with E-state index in [1.165, 1.54) is 24.5 Å². The molecule has 0 saturated carbocycles. The van der Waals surface area contributed by atoms with Crippen molar-refractivity contribution in [2.45, 2.75) is 58.6 Å². The third-order valence-electron chi connectivity index (χ3n) is 10.9. The summed E-state index contributed by atoms with van der Waals surface area (Å²) >= 11 is 0. The van der Waals surface area contributed by atoms with Crippen LogP contribution in [0.25, 0.3) is 33.4 Å². The number of nitro benzene ring substituents is 3. The van der Waals surface area contributed by atoms with E-state index in [1.54, 1.807) is 25.1 Å². The van der Waals surface area contributed by atoms with E-state index in [0.29, 0.717) is 40.0 Å². The van der Waals surface area contributed by atoms with Crippen LogP contribution in [0.1, 0.15) is 59.2 Å². The lowest BCUT2D eigenvalue weighted by molar-refractivity contribution is -0.393. The first kappa shape index (κ1) is 39.2. The second-order valence-electron chi connectivity index (χ2n) is 14.9. The summed E-state index contributed by atoms with van der Waals surface area (Å²) in [6.07, 6.45) is -1.81. The van der Waals surface area contributed by atoms with Crippen molar-refractivity contribution < 1.29 is 43.8 Å². The van der Waals surface area contributed by atoms with Gasteiger partial charge in [0.25, 0.3) is 22.6 Å². The third kappa shape index (κ3) is 5.98. The Morgan fingerprint density at radius 3 is 2.35 bits per heavy atom. The van der Waals surface area contributed by atoms with Crippen molar-refractivity contribution in [1.29, 1.82) is 0 Å². The van der Waals surface area contributed by atoms with Crippen molar-refractivity contribution in [1.82, 2.24) is 14.5 Å². The van der Waals surface area contributed by atoms with Gasteiger partial charge in [-0.05, 0) is 64.2 Å². The molecule has 20 nitrogen and oxygen atoms in total. The molecule has 4 heterocycles. The summed E-state index contributed by atoms with van der Waals surface area (Å²) < 4.78 is 12.9. The number of aromatic nitrogens is 2.